The van der Waals surface area contributed by atoms with Gasteiger partial charge in [0.1, 0.15) is 6.54 Å². The van der Waals surface area contributed by atoms with Crippen molar-refractivity contribution in [2.24, 2.45) is 4.99 Å². The maximum absolute atomic E-state index is 10.1. The standard InChI is InChI=1S/C23H45N2O/c1-4-6-7-8-9-10-11-12-13-14-15-16-17-18-19-23-24-20-21-25(23,5-2)22(3)26/h18-20,22-23,26H,4-17,21H2,1-3H3/q+1/b19-18+. The second-order valence-corrected chi connectivity index (χ2v) is 8.08. The van der Waals surface area contributed by atoms with Crippen LogP contribution < -0.4 is 0 Å². The van der Waals surface area contributed by atoms with Crippen LogP contribution in [0.3, 0.4) is 0 Å². The minimum atomic E-state index is -0.358. The second kappa shape index (κ2) is 14.4. The van der Waals surface area contributed by atoms with Crippen molar-refractivity contribution in [3.05, 3.63) is 12.2 Å². The van der Waals surface area contributed by atoms with Crippen LogP contribution in [0.4, 0.5) is 0 Å². The Labute approximate surface area is 163 Å². The summed E-state index contributed by atoms with van der Waals surface area (Å²) in [5.74, 6) is 0. The van der Waals surface area contributed by atoms with E-state index in [0.29, 0.717) is 4.48 Å². The van der Waals surface area contributed by atoms with E-state index in [-0.39, 0.29) is 12.4 Å². The normalized spacial score (nSPS) is 23.9. The SMILES string of the molecule is CCCCCCCCCCCCCC/C=C/C1N=CC[N+]1(CC)C(C)O. The van der Waals surface area contributed by atoms with Crippen LogP contribution in [0.15, 0.2) is 17.1 Å². The molecular formula is C23H45N2O+. The van der Waals surface area contributed by atoms with Crippen LogP contribution in [0.25, 0.3) is 0 Å². The fraction of sp³-hybridized carbons (Fsp3) is 0.870. The number of unbranched alkanes of at least 4 members (excludes halogenated alkanes) is 12. The second-order valence-electron chi connectivity index (χ2n) is 8.08. The molecule has 0 aromatic carbocycles. The first-order valence-corrected chi connectivity index (χ1v) is 11.4. The highest BCUT2D eigenvalue weighted by Crippen LogP contribution is 2.24. The number of hydrogen-bond acceptors (Lipinski definition) is 2. The third kappa shape index (κ3) is 8.35. The first-order valence-electron chi connectivity index (χ1n) is 11.4. The maximum atomic E-state index is 10.1. The van der Waals surface area contributed by atoms with E-state index in [2.05, 4.69) is 31.0 Å². The average molecular weight is 366 g/mol. The Balaban J connectivity index is 1.99. The number of aliphatic hydroxyl groups is 1. The van der Waals surface area contributed by atoms with Gasteiger partial charge in [0.2, 0.25) is 6.17 Å². The largest absolute Gasteiger partial charge is 0.345 e. The molecule has 1 rings (SSSR count). The van der Waals surface area contributed by atoms with Gasteiger partial charge in [-0.1, -0.05) is 83.6 Å². The summed E-state index contributed by atoms with van der Waals surface area (Å²) in [5.41, 5.74) is 0. The highest BCUT2D eigenvalue weighted by Gasteiger charge is 2.40. The first kappa shape index (κ1) is 23.4. The molecule has 0 saturated heterocycles. The van der Waals surface area contributed by atoms with Gasteiger partial charge in [-0.15, -0.1) is 0 Å². The van der Waals surface area contributed by atoms with Crippen LogP contribution in [0, 0.1) is 0 Å². The Morgan fingerprint density at radius 2 is 1.50 bits per heavy atom. The van der Waals surface area contributed by atoms with Crippen molar-refractivity contribution in [3.8, 4) is 0 Å². The molecule has 1 N–H and O–H groups in total. The lowest BCUT2D eigenvalue weighted by atomic mass is 10.0. The number of rotatable bonds is 16. The fourth-order valence-corrected chi connectivity index (χ4v) is 4.04. The van der Waals surface area contributed by atoms with E-state index in [0.717, 1.165) is 19.5 Å². The Kier molecular flexibility index (Phi) is 12.9. The molecule has 0 amide bonds. The lowest BCUT2D eigenvalue weighted by Gasteiger charge is -2.39. The van der Waals surface area contributed by atoms with Gasteiger partial charge in [-0.25, -0.2) is 4.99 Å². The van der Waals surface area contributed by atoms with E-state index in [1.807, 2.05) is 13.1 Å². The Hall–Kier alpha value is -0.670. The zero-order chi connectivity index (χ0) is 19.1. The van der Waals surface area contributed by atoms with Crippen LogP contribution in [0.1, 0.15) is 104 Å². The average Bonchev–Trinajstić information content (AvgIpc) is 3.06. The van der Waals surface area contributed by atoms with Crippen LogP contribution in [-0.4, -0.2) is 41.3 Å². The zero-order valence-electron chi connectivity index (χ0n) is 17.8. The number of hydrogen-bond donors (Lipinski definition) is 1. The lowest BCUT2D eigenvalue weighted by molar-refractivity contribution is -0.970. The van der Waals surface area contributed by atoms with Gasteiger partial charge in [-0.3, -0.25) is 4.48 Å². The molecule has 0 saturated carbocycles. The third-order valence-electron chi connectivity index (χ3n) is 6.07. The number of allylic oxidation sites excluding steroid dienone is 1. The molecule has 3 heteroatoms. The van der Waals surface area contributed by atoms with E-state index in [9.17, 15) is 5.11 Å². The molecule has 0 fully saturated rings. The molecule has 0 radical (unpaired) electrons. The van der Waals surface area contributed by atoms with Gasteiger partial charge in [-0.05, 0) is 25.8 Å². The van der Waals surface area contributed by atoms with E-state index < -0.39 is 0 Å². The summed E-state index contributed by atoms with van der Waals surface area (Å²) in [7, 11) is 0. The Morgan fingerprint density at radius 1 is 0.962 bits per heavy atom. The number of nitrogens with zero attached hydrogens (tertiary/aromatic N) is 2. The zero-order valence-corrected chi connectivity index (χ0v) is 17.8. The van der Waals surface area contributed by atoms with Crippen molar-refractivity contribution in [1.29, 1.82) is 0 Å². The molecule has 26 heavy (non-hydrogen) atoms. The third-order valence-corrected chi connectivity index (χ3v) is 6.07. The molecule has 3 atom stereocenters. The molecule has 0 aromatic heterocycles. The first-order chi connectivity index (χ1) is 12.7. The van der Waals surface area contributed by atoms with Gasteiger partial charge in [0.15, 0.2) is 6.23 Å². The van der Waals surface area contributed by atoms with Crippen molar-refractivity contribution in [1.82, 2.24) is 0 Å². The van der Waals surface area contributed by atoms with Gasteiger partial charge in [0, 0.05) is 6.92 Å². The Bertz CT molecular complexity index is 392. The summed E-state index contributed by atoms with van der Waals surface area (Å²) in [6.45, 7) is 8.09. The van der Waals surface area contributed by atoms with Crippen molar-refractivity contribution in [2.75, 3.05) is 13.1 Å². The van der Waals surface area contributed by atoms with Crippen LogP contribution in [0.2, 0.25) is 0 Å². The minimum absolute atomic E-state index is 0.109. The predicted octanol–water partition coefficient (Wildman–Crippen LogP) is 6.22. The predicted molar refractivity (Wildman–Crippen MR) is 114 cm³/mol. The molecule has 0 aliphatic carbocycles. The summed E-state index contributed by atoms with van der Waals surface area (Å²) < 4.78 is 0.662. The quantitative estimate of drug-likeness (QED) is 0.196. The van der Waals surface area contributed by atoms with E-state index in [4.69, 9.17) is 0 Å². The summed E-state index contributed by atoms with van der Waals surface area (Å²) in [6.07, 6.45) is 24.2. The topological polar surface area (TPSA) is 32.6 Å². The van der Waals surface area contributed by atoms with E-state index in [1.165, 1.54) is 77.0 Å². The Morgan fingerprint density at radius 3 is 2.00 bits per heavy atom. The fourth-order valence-electron chi connectivity index (χ4n) is 4.04. The number of aliphatic imine (C=N–C) groups is 1. The summed E-state index contributed by atoms with van der Waals surface area (Å²) >= 11 is 0. The van der Waals surface area contributed by atoms with Crippen molar-refractivity contribution in [2.45, 2.75) is 117 Å². The molecule has 0 bridgehead atoms. The van der Waals surface area contributed by atoms with Gasteiger partial charge >= 0.3 is 0 Å². The summed E-state index contributed by atoms with van der Waals surface area (Å²) in [6, 6.07) is 0. The summed E-state index contributed by atoms with van der Waals surface area (Å²) in [5, 5.41) is 10.1. The van der Waals surface area contributed by atoms with Gasteiger partial charge < -0.3 is 5.11 Å². The van der Waals surface area contributed by atoms with Crippen LogP contribution in [0.5, 0.6) is 0 Å². The number of likely N-dealkylation sites (N-methyl/N-ethyl adjacent to an activating group) is 1. The van der Waals surface area contributed by atoms with Crippen molar-refractivity contribution >= 4 is 6.21 Å². The van der Waals surface area contributed by atoms with Crippen molar-refractivity contribution < 1.29 is 9.59 Å². The molecule has 1 aliphatic rings. The molecule has 1 heterocycles. The van der Waals surface area contributed by atoms with Gasteiger partial charge in [-0.2, -0.15) is 0 Å². The molecular weight excluding hydrogens is 320 g/mol. The number of aliphatic hydroxyl groups excluding tert-OH is 1. The smallest absolute Gasteiger partial charge is 0.204 e. The van der Waals surface area contributed by atoms with E-state index >= 15 is 0 Å². The molecule has 0 spiro atoms. The van der Waals surface area contributed by atoms with Gasteiger partial charge in [0.25, 0.3) is 0 Å². The molecule has 1 aliphatic heterocycles. The van der Waals surface area contributed by atoms with Gasteiger partial charge in [0.05, 0.1) is 12.8 Å². The molecule has 3 unspecified atom stereocenters. The highest BCUT2D eigenvalue weighted by atomic mass is 16.3. The number of quaternary nitrogens is 1. The molecule has 152 valence electrons. The minimum Gasteiger partial charge on any atom is -0.345 e. The van der Waals surface area contributed by atoms with E-state index in [1.54, 1.807) is 0 Å². The van der Waals surface area contributed by atoms with Crippen LogP contribution in [-0.2, 0) is 0 Å². The van der Waals surface area contributed by atoms with Crippen molar-refractivity contribution in [3.63, 3.8) is 0 Å². The maximum Gasteiger partial charge on any atom is 0.204 e. The monoisotopic (exact) mass is 365 g/mol. The molecule has 0 aromatic rings. The lowest BCUT2D eigenvalue weighted by Crippen LogP contribution is -2.57. The molecule has 3 nitrogen and oxygen atoms in total. The summed E-state index contributed by atoms with van der Waals surface area (Å²) in [4.78, 5) is 4.58. The van der Waals surface area contributed by atoms with Crippen LogP contribution >= 0.6 is 0 Å². The highest BCUT2D eigenvalue weighted by molar-refractivity contribution is 5.60.